The second-order valence-corrected chi connectivity index (χ2v) is 4.33. The van der Waals surface area contributed by atoms with Crippen molar-refractivity contribution >= 4 is 5.97 Å². The van der Waals surface area contributed by atoms with Gasteiger partial charge in [0, 0.05) is 11.8 Å². The number of carbonyl (C=O) groups is 1. The van der Waals surface area contributed by atoms with Crippen molar-refractivity contribution in [2.75, 3.05) is 7.11 Å². The molecule has 84 valence electrons. The first-order valence-electron chi connectivity index (χ1n) is 5.27. The van der Waals surface area contributed by atoms with E-state index in [1.165, 1.54) is 13.4 Å². The molecule has 0 aromatic carbocycles. The third-order valence-corrected chi connectivity index (χ3v) is 3.54. The molecular formula is C11H16O4. The highest BCUT2D eigenvalue weighted by molar-refractivity contribution is 5.88. The Kier molecular flexibility index (Phi) is 2.69. The van der Waals surface area contributed by atoms with Crippen LogP contribution in [0.2, 0.25) is 0 Å². The minimum atomic E-state index is -0.777. The number of hydrogen-bond donors (Lipinski definition) is 1. The molecule has 0 amide bonds. The lowest BCUT2D eigenvalue weighted by molar-refractivity contribution is -0.144. The fourth-order valence-electron chi connectivity index (χ4n) is 2.71. The van der Waals surface area contributed by atoms with Gasteiger partial charge in [0.15, 0.2) is 6.29 Å². The van der Waals surface area contributed by atoms with Gasteiger partial charge in [0.2, 0.25) is 0 Å². The van der Waals surface area contributed by atoms with Gasteiger partial charge >= 0.3 is 5.97 Å². The Bertz CT molecular complexity index is 297. The lowest BCUT2D eigenvalue weighted by Gasteiger charge is -2.31. The maximum Gasteiger partial charge on any atom is 0.337 e. The van der Waals surface area contributed by atoms with Crippen LogP contribution in [0.15, 0.2) is 11.8 Å². The molecule has 2 rings (SSSR count). The van der Waals surface area contributed by atoms with Crippen molar-refractivity contribution < 1.29 is 19.4 Å². The number of esters is 1. The summed E-state index contributed by atoms with van der Waals surface area (Å²) in [5, 5.41) is 9.70. The number of carbonyl (C=O) groups excluding carboxylic acids is 1. The van der Waals surface area contributed by atoms with Crippen LogP contribution in [-0.2, 0) is 14.3 Å². The maximum absolute atomic E-state index is 11.5. The summed E-state index contributed by atoms with van der Waals surface area (Å²) in [4.78, 5) is 11.5. The molecule has 0 aromatic rings. The van der Waals surface area contributed by atoms with E-state index in [9.17, 15) is 9.90 Å². The predicted octanol–water partition coefficient (Wildman–Crippen LogP) is 1.05. The molecule has 15 heavy (non-hydrogen) atoms. The van der Waals surface area contributed by atoms with Gasteiger partial charge in [0.05, 0.1) is 18.9 Å². The quantitative estimate of drug-likeness (QED) is 0.660. The van der Waals surface area contributed by atoms with Crippen LogP contribution in [0.25, 0.3) is 0 Å². The van der Waals surface area contributed by atoms with E-state index < -0.39 is 6.29 Å². The van der Waals surface area contributed by atoms with Gasteiger partial charge in [-0.15, -0.1) is 0 Å². The van der Waals surface area contributed by atoms with Crippen molar-refractivity contribution in [1.29, 1.82) is 0 Å². The van der Waals surface area contributed by atoms with Crippen LogP contribution in [-0.4, -0.2) is 24.5 Å². The third-order valence-electron chi connectivity index (χ3n) is 3.54. The van der Waals surface area contributed by atoms with Gasteiger partial charge < -0.3 is 14.6 Å². The second-order valence-electron chi connectivity index (χ2n) is 4.33. The van der Waals surface area contributed by atoms with Crippen LogP contribution in [0.3, 0.4) is 0 Å². The highest BCUT2D eigenvalue weighted by Crippen LogP contribution is 2.45. The number of aliphatic hydroxyl groups is 1. The summed E-state index contributed by atoms with van der Waals surface area (Å²) >= 11 is 0. The van der Waals surface area contributed by atoms with E-state index in [1.807, 2.05) is 0 Å². The molecule has 1 aliphatic carbocycles. The third kappa shape index (κ3) is 1.63. The summed E-state index contributed by atoms with van der Waals surface area (Å²) in [6.45, 7) is 2.08. The number of rotatable bonds is 1. The van der Waals surface area contributed by atoms with E-state index in [-0.39, 0.29) is 17.8 Å². The molecule has 4 heteroatoms. The highest BCUT2D eigenvalue weighted by atomic mass is 16.6. The van der Waals surface area contributed by atoms with Crippen molar-refractivity contribution in [3.8, 4) is 0 Å². The lowest BCUT2D eigenvalue weighted by Crippen LogP contribution is -2.35. The Morgan fingerprint density at radius 3 is 3.00 bits per heavy atom. The van der Waals surface area contributed by atoms with Crippen LogP contribution in [0.1, 0.15) is 19.8 Å². The molecule has 1 aliphatic heterocycles. The molecule has 2 aliphatic rings. The largest absolute Gasteiger partial charge is 0.472 e. The van der Waals surface area contributed by atoms with Gasteiger partial charge in [-0.1, -0.05) is 6.92 Å². The van der Waals surface area contributed by atoms with E-state index in [4.69, 9.17) is 9.47 Å². The van der Waals surface area contributed by atoms with Gasteiger partial charge in [-0.05, 0) is 18.8 Å². The van der Waals surface area contributed by atoms with Crippen molar-refractivity contribution in [2.24, 2.45) is 17.8 Å². The van der Waals surface area contributed by atoms with Crippen molar-refractivity contribution in [3.63, 3.8) is 0 Å². The number of hydrogen-bond acceptors (Lipinski definition) is 4. The molecule has 0 aromatic heterocycles. The van der Waals surface area contributed by atoms with Crippen LogP contribution < -0.4 is 0 Å². The Morgan fingerprint density at radius 1 is 1.60 bits per heavy atom. The van der Waals surface area contributed by atoms with Gasteiger partial charge in [-0.25, -0.2) is 4.79 Å². The summed E-state index contributed by atoms with van der Waals surface area (Å²) in [5.74, 6) is 0.171. The first kappa shape index (κ1) is 10.5. The molecule has 4 nitrogen and oxygen atoms in total. The van der Waals surface area contributed by atoms with Crippen LogP contribution in [0.4, 0.5) is 0 Å². The fraction of sp³-hybridized carbons (Fsp3) is 0.727. The molecule has 1 N–H and O–H groups in total. The van der Waals surface area contributed by atoms with E-state index in [1.54, 1.807) is 0 Å². The SMILES string of the molecule is COC(=O)C1=COC(O)[C@@H]2[C@H](C)CC[C@H]12. The Hall–Kier alpha value is -1.03. The molecule has 1 heterocycles. The molecule has 0 spiro atoms. The minimum absolute atomic E-state index is 0.0316. The molecule has 0 radical (unpaired) electrons. The molecular weight excluding hydrogens is 196 g/mol. The molecule has 1 fully saturated rings. The van der Waals surface area contributed by atoms with E-state index in [0.717, 1.165) is 12.8 Å². The number of fused-ring (bicyclic) bond motifs is 1. The molecule has 0 saturated heterocycles. The average molecular weight is 212 g/mol. The Morgan fingerprint density at radius 2 is 2.33 bits per heavy atom. The van der Waals surface area contributed by atoms with E-state index in [0.29, 0.717) is 11.5 Å². The minimum Gasteiger partial charge on any atom is -0.472 e. The fourth-order valence-corrected chi connectivity index (χ4v) is 2.71. The average Bonchev–Trinajstić information content (AvgIpc) is 2.61. The van der Waals surface area contributed by atoms with Gasteiger partial charge in [0.1, 0.15) is 0 Å². The first-order chi connectivity index (χ1) is 7.15. The first-order valence-corrected chi connectivity index (χ1v) is 5.27. The van der Waals surface area contributed by atoms with Crippen molar-refractivity contribution in [2.45, 2.75) is 26.1 Å². The Labute approximate surface area is 88.9 Å². The zero-order valence-electron chi connectivity index (χ0n) is 8.97. The smallest absolute Gasteiger partial charge is 0.337 e. The molecule has 1 saturated carbocycles. The van der Waals surface area contributed by atoms with E-state index in [2.05, 4.69) is 6.92 Å². The molecule has 0 bridgehead atoms. The molecule has 4 atom stereocenters. The number of ether oxygens (including phenoxy) is 2. The number of methoxy groups -OCH3 is 1. The predicted molar refractivity (Wildman–Crippen MR) is 52.6 cm³/mol. The summed E-state index contributed by atoms with van der Waals surface area (Å²) in [6.07, 6.45) is 2.52. The van der Waals surface area contributed by atoms with Crippen LogP contribution >= 0.6 is 0 Å². The summed E-state index contributed by atoms with van der Waals surface area (Å²) in [6, 6.07) is 0. The van der Waals surface area contributed by atoms with Crippen molar-refractivity contribution in [3.05, 3.63) is 11.8 Å². The lowest BCUT2D eigenvalue weighted by atomic mass is 9.83. The normalized spacial score (nSPS) is 39.0. The van der Waals surface area contributed by atoms with Crippen LogP contribution in [0.5, 0.6) is 0 Å². The number of aliphatic hydroxyl groups excluding tert-OH is 1. The zero-order chi connectivity index (χ0) is 11.0. The topological polar surface area (TPSA) is 55.8 Å². The van der Waals surface area contributed by atoms with Gasteiger partial charge in [-0.2, -0.15) is 0 Å². The van der Waals surface area contributed by atoms with Gasteiger partial charge in [-0.3, -0.25) is 0 Å². The summed E-state index contributed by atoms with van der Waals surface area (Å²) in [7, 11) is 1.36. The van der Waals surface area contributed by atoms with Crippen LogP contribution in [0, 0.1) is 17.8 Å². The Balaban J connectivity index is 2.24. The van der Waals surface area contributed by atoms with E-state index >= 15 is 0 Å². The standard InChI is InChI=1S/C11H16O4/c1-6-3-4-7-8(10(12)14-2)5-15-11(13)9(6)7/h5-7,9,11,13H,3-4H2,1-2H3/t6-,7-,9-,11?/m1/s1. The zero-order valence-corrected chi connectivity index (χ0v) is 8.97. The van der Waals surface area contributed by atoms with Gasteiger partial charge in [0.25, 0.3) is 0 Å². The molecule has 1 unspecified atom stereocenters. The van der Waals surface area contributed by atoms with Crippen molar-refractivity contribution in [1.82, 2.24) is 0 Å². The second kappa shape index (κ2) is 3.85. The summed E-state index contributed by atoms with van der Waals surface area (Å²) < 4.78 is 9.79. The maximum atomic E-state index is 11.5. The summed E-state index contributed by atoms with van der Waals surface area (Å²) in [5.41, 5.74) is 0.567. The highest BCUT2D eigenvalue weighted by Gasteiger charge is 2.45. The monoisotopic (exact) mass is 212 g/mol.